The summed E-state index contributed by atoms with van der Waals surface area (Å²) >= 11 is 0. The highest BCUT2D eigenvalue weighted by Crippen LogP contribution is 2.39. The average molecular weight is 1180 g/mol. The van der Waals surface area contributed by atoms with E-state index in [-0.39, 0.29) is 0 Å². The van der Waals surface area contributed by atoms with Crippen molar-refractivity contribution in [2.24, 2.45) is 0 Å². The molecule has 0 spiro atoms. The molecule has 4 aliphatic heterocycles. The van der Waals surface area contributed by atoms with Crippen LogP contribution in [0.5, 0.6) is 0 Å². The van der Waals surface area contributed by atoms with Crippen LogP contribution in [-0.2, 0) is 26.2 Å². The molecule has 20 rings (SSSR count). The van der Waals surface area contributed by atoms with Crippen molar-refractivity contribution in [1.82, 2.24) is 28.7 Å². The van der Waals surface area contributed by atoms with E-state index < -0.39 is 0 Å². The Labute approximate surface area is 519 Å². The molecule has 0 fully saturated rings. The molecule has 0 aliphatic carbocycles. The summed E-state index contributed by atoms with van der Waals surface area (Å²) < 4.78 is 29.6. The van der Waals surface area contributed by atoms with Crippen molar-refractivity contribution in [3.63, 3.8) is 0 Å². The summed E-state index contributed by atoms with van der Waals surface area (Å²) in [6, 6.07) is 55.7. The van der Waals surface area contributed by atoms with E-state index in [4.69, 9.17) is 8.83 Å². The molecular weight excluding hydrogens is 1130 g/mol. The zero-order valence-corrected chi connectivity index (χ0v) is 50.1. The minimum absolute atomic E-state index is 0.651. The van der Waals surface area contributed by atoms with Crippen LogP contribution in [0.25, 0.3) is 110 Å². The number of aryl methyl sites for hydroxylation is 4. The first-order valence-electron chi connectivity index (χ1n) is 30.1. The fourth-order valence-corrected chi connectivity index (χ4v) is 14.5. The molecule has 0 atom stereocenters. The molecule has 0 radical (unpaired) electrons. The monoisotopic (exact) mass is 1180 g/mol. The lowest BCUT2D eigenvalue weighted by atomic mass is 9.98. The first-order chi connectivity index (χ1) is 44.5. The molecule has 16 heteroatoms. The first-order valence-corrected chi connectivity index (χ1v) is 30.1. The third kappa shape index (κ3) is 7.70. The molecule has 91 heavy (non-hydrogen) atoms. The van der Waals surface area contributed by atoms with Crippen LogP contribution in [-0.4, -0.2) is 28.7 Å². The van der Waals surface area contributed by atoms with Gasteiger partial charge in [-0.3, -0.25) is 0 Å². The summed E-state index contributed by atoms with van der Waals surface area (Å²) in [6.45, 7) is 14.1. The van der Waals surface area contributed by atoms with E-state index in [2.05, 4.69) is 180 Å². The van der Waals surface area contributed by atoms with Gasteiger partial charge >= 0.3 is 0 Å². The molecule has 0 N–H and O–H groups in total. The molecule has 0 saturated heterocycles. The molecule has 0 saturated carbocycles. The number of pyridine rings is 2. The Morgan fingerprint density at radius 1 is 0.385 bits per heavy atom. The summed E-state index contributed by atoms with van der Waals surface area (Å²) in [4.78, 5) is 8.67. The summed E-state index contributed by atoms with van der Waals surface area (Å²) in [7, 11) is 0. The van der Waals surface area contributed by atoms with Gasteiger partial charge in [0.15, 0.2) is 37.4 Å². The Balaban J connectivity index is 0.0000000937. The maximum Gasteiger partial charge on any atom is 0.227 e. The number of aromatic nitrogens is 10. The van der Waals surface area contributed by atoms with Gasteiger partial charge in [-0.25, -0.2) is 9.97 Å². The second-order valence-electron chi connectivity index (χ2n) is 23.9. The average Bonchev–Trinajstić information content (AvgIpc) is 1.61. The molecule has 16 aromatic rings. The summed E-state index contributed by atoms with van der Waals surface area (Å²) in [5.74, 6) is 0. The number of fused-ring (bicyclic) bond motifs is 27. The zero-order valence-electron chi connectivity index (χ0n) is 50.1. The Hall–Kier alpha value is -12.5. The van der Waals surface area contributed by atoms with E-state index in [0.717, 1.165) is 125 Å². The quantitative estimate of drug-likeness (QED) is 0.134. The van der Waals surface area contributed by atoms with Gasteiger partial charge in [0.25, 0.3) is 0 Å². The lowest BCUT2D eigenvalue weighted by Crippen LogP contribution is -2.36. The molecule has 16 nitrogen and oxygen atoms in total. The van der Waals surface area contributed by atoms with Crippen molar-refractivity contribution >= 4 is 87.7 Å². The van der Waals surface area contributed by atoms with Crippen molar-refractivity contribution in [2.75, 3.05) is 0 Å². The molecule has 0 amide bonds. The lowest BCUT2D eigenvalue weighted by molar-refractivity contribution is -0.749. The maximum atomic E-state index is 9.39. The Kier molecular flexibility index (Phi) is 11.5. The Morgan fingerprint density at radius 3 is 1.43 bits per heavy atom. The van der Waals surface area contributed by atoms with Gasteiger partial charge in [0.2, 0.25) is 36.2 Å². The summed E-state index contributed by atoms with van der Waals surface area (Å²) in [5, 5.41) is 45.5. The van der Waals surface area contributed by atoms with Gasteiger partial charge in [-0.2, -0.15) is 21.0 Å². The van der Waals surface area contributed by atoms with Crippen LogP contribution >= 0.6 is 0 Å². The standard InChI is InChI=1S/2C20H11N4O.C18H16N3.C17H14N3/c21-9-12-3-1-5-17-16(12)11-23-10-13-6-7-14-15-4-2-8-22-20(15)25-19(14)18(13)24(17)23;21-9-12-3-1-5-17-16(12)11-23-10-13-7-15-14-4-2-6-22-20(14)25-19(15)8-18(13)24(17)23;1-11-7-12(2)18-15(13(11)3)9-20-10-16-14(8-19)5-4-6-17(16)21(18)20;1-11-6-7-12(2)17-14(11)9-19-10-15-13(8-18)4-3-5-16(15)20(17)19/h2*1-8,11H,10H2;4-7,10H,9H2,1-3H3;3-7,10H,9H2,1-2H3/q4*+1. The number of benzene rings is 8. The van der Waals surface area contributed by atoms with Gasteiger partial charge in [-0.1, -0.05) is 42.5 Å². The third-order valence-corrected chi connectivity index (χ3v) is 18.8. The number of furan rings is 2. The van der Waals surface area contributed by atoms with E-state index >= 15 is 0 Å². The predicted octanol–water partition coefficient (Wildman–Crippen LogP) is 12.7. The van der Waals surface area contributed by atoms with Gasteiger partial charge < -0.3 is 8.83 Å². The van der Waals surface area contributed by atoms with E-state index in [1.807, 2.05) is 91.1 Å². The number of hydrogen-bond acceptors (Lipinski definition) is 8. The molecule has 4 aliphatic rings. The molecule has 0 unspecified atom stereocenters. The highest BCUT2D eigenvalue weighted by Gasteiger charge is 2.36. The predicted molar refractivity (Wildman–Crippen MR) is 343 cm³/mol. The first kappa shape index (κ1) is 52.8. The molecular formula is C75H52N14O2+4. The van der Waals surface area contributed by atoms with Crippen LogP contribution in [0.3, 0.4) is 0 Å². The number of nitriles is 4. The highest BCUT2D eigenvalue weighted by molar-refractivity contribution is 6.08. The normalized spacial score (nSPS) is 12.5. The molecule has 8 aromatic heterocycles. The van der Waals surface area contributed by atoms with Gasteiger partial charge in [-0.05, 0) is 153 Å². The SMILES string of the molecule is Cc1cc(C)c2c(c1C)C[n+]1cc3c(C#N)cccc3n1-2.Cc1ccc(C)c2c1C[n+]1cc3c(C#N)cccc3n1-2.N#Cc1cccc2c1c[n+]1n2-c2c(ccc3c2oc2ncccc23)C1.N#Cc1cccc2c1c[n+]1n2-c2cc3oc4ncccc4c3cc2C1. The van der Waals surface area contributed by atoms with Crippen LogP contribution in [0.4, 0.5) is 0 Å². The number of rotatable bonds is 0. The smallest absolute Gasteiger partial charge is 0.227 e. The van der Waals surface area contributed by atoms with Crippen molar-refractivity contribution in [3.8, 4) is 47.0 Å². The second kappa shape index (κ2) is 19.8. The fourth-order valence-electron chi connectivity index (χ4n) is 14.5. The highest BCUT2D eigenvalue weighted by atomic mass is 16.3. The number of hydrogen-bond donors (Lipinski definition) is 0. The van der Waals surface area contributed by atoms with Crippen molar-refractivity contribution < 1.29 is 27.6 Å². The second-order valence-corrected chi connectivity index (χ2v) is 23.9. The maximum absolute atomic E-state index is 9.39. The van der Waals surface area contributed by atoms with Gasteiger partial charge in [0.05, 0.1) is 60.5 Å². The fraction of sp³-hybridized carbons (Fsp3) is 0.120. The van der Waals surface area contributed by atoms with Crippen molar-refractivity contribution in [3.05, 3.63) is 249 Å². The molecule has 430 valence electrons. The van der Waals surface area contributed by atoms with E-state index in [0.29, 0.717) is 22.6 Å². The van der Waals surface area contributed by atoms with Crippen LogP contribution in [0.15, 0.2) is 186 Å². The minimum atomic E-state index is 0.651. The molecule has 8 aromatic carbocycles. The van der Waals surface area contributed by atoms with Gasteiger partial charge in [-0.15, -0.1) is 37.5 Å². The van der Waals surface area contributed by atoms with Crippen LogP contribution in [0.1, 0.15) is 72.3 Å². The lowest BCUT2D eigenvalue weighted by Gasteiger charge is -2.08. The topological polar surface area (TPSA) is 182 Å². The van der Waals surface area contributed by atoms with Crippen molar-refractivity contribution in [1.29, 1.82) is 21.0 Å². The summed E-state index contributed by atoms with van der Waals surface area (Å²) in [5.41, 5.74) is 26.6. The van der Waals surface area contributed by atoms with Crippen LogP contribution in [0, 0.1) is 79.9 Å². The van der Waals surface area contributed by atoms with E-state index in [9.17, 15) is 21.0 Å². The molecule has 12 heterocycles. The largest absolute Gasteiger partial charge is 0.438 e. The van der Waals surface area contributed by atoms with E-state index in [1.54, 1.807) is 12.4 Å². The van der Waals surface area contributed by atoms with Crippen LogP contribution in [0.2, 0.25) is 0 Å². The van der Waals surface area contributed by atoms with Gasteiger partial charge in [0, 0.05) is 45.6 Å². The number of nitrogens with zero attached hydrogens (tertiary/aromatic N) is 14. The van der Waals surface area contributed by atoms with Crippen molar-refractivity contribution in [2.45, 2.75) is 60.8 Å². The Morgan fingerprint density at radius 2 is 0.857 bits per heavy atom. The van der Waals surface area contributed by atoms with Gasteiger partial charge in [0.1, 0.15) is 69.0 Å². The van der Waals surface area contributed by atoms with Crippen LogP contribution < -0.4 is 18.7 Å². The third-order valence-electron chi connectivity index (χ3n) is 18.8. The summed E-state index contributed by atoms with van der Waals surface area (Å²) in [6.07, 6.45) is 11.8. The molecule has 0 bridgehead atoms. The minimum Gasteiger partial charge on any atom is -0.438 e. The zero-order chi connectivity index (χ0) is 61.7. The Bertz CT molecular complexity index is 6110. The van der Waals surface area contributed by atoms with E-state index in [1.165, 1.54) is 61.4 Å².